The van der Waals surface area contributed by atoms with Gasteiger partial charge in [0.15, 0.2) is 5.84 Å². The summed E-state index contributed by atoms with van der Waals surface area (Å²) in [6.45, 7) is 0. The van der Waals surface area contributed by atoms with Crippen LogP contribution in [0.25, 0.3) is 0 Å². The fourth-order valence-corrected chi connectivity index (χ4v) is 2.65. The molecule has 9 heteroatoms. The molecule has 106 valence electrons. The van der Waals surface area contributed by atoms with E-state index >= 15 is 0 Å². The quantitative estimate of drug-likeness (QED) is 0.324. The van der Waals surface area contributed by atoms with Gasteiger partial charge in [-0.15, -0.1) is 0 Å². The van der Waals surface area contributed by atoms with Crippen LogP contribution in [0.15, 0.2) is 46.7 Å². The van der Waals surface area contributed by atoms with Crippen LogP contribution in [-0.4, -0.2) is 29.2 Å². The summed E-state index contributed by atoms with van der Waals surface area (Å²) >= 11 is 0. The van der Waals surface area contributed by atoms with E-state index in [1.165, 1.54) is 29.2 Å². The Kier molecular flexibility index (Phi) is 3.61. The molecule has 0 bridgehead atoms. The number of amidine groups is 1. The molecule has 2 aromatic rings. The Morgan fingerprint density at radius 3 is 2.75 bits per heavy atom. The lowest BCUT2D eigenvalue weighted by atomic mass is 10.2. The van der Waals surface area contributed by atoms with Gasteiger partial charge in [-0.25, -0.2) is 8.42 Å². The fourth-order valence-electron chi connectivity index (χ4n) is 1.59. The van der Waals surface area contributed by atoms with E-state index in [0.717, 1.165) is 0 Å². The maximum absolute atomic E-state index is 12.2. The Hall–Kier alpha value is -2.55. The van der Waals surface area contributed by atoms with Crippen LogP contribution in [0.2, 0.25) is 0 Å². The Labute approximate surface area is 115 Å². The van der Waals surface area contributed by atoms with Gasteiger partial charge >= 0.3 is 0 Å². The molecule has 0 unspecified atom stereocenters. The first kappa shape index (κ1) is 13.9. The maximum atomic E-state index is 12.2. The summed E-state index contributed by atoms with van der Waals surface area (Å²) in [7, 11) is -2.17. The number of sulfonamides is 1. The van der Waals surface area contributed by atoms with Crippen LogP contribution in [0.1, 0.15) is 5.56 Å². The summed E-state index contributed by atoms with van der Waals surface area (Å²) in [5.41, 5.74) is 6.00. The molecule has 0 aliphatic carbocycles. The molecule has 1 heterocycles. The highest BCUT2D eigenvalue weighted by Crippen LogP contribution is 2.19. The zero-order valence-corrected chi connectivity index (χ0v) is 11.4. The van der Waals surface area contributed by atoms with Crippen molar-refractivity contribution in [2.75, 3.05) is 4.72 Å². The third-order valence-electron chi connectivity index (χ3n) is 2.55. The van der Waals surface area contributed by atoms with Gasteiger partial charge in [-0.05, 0) is 12.1 Å². The fraction of sp³-hybridized carbons (Fsp3) is 0.0909. The van der Waals surface area contributed by atoms with Crippen molar-refractivity contribution in [1.82, 2.24) is 9.78 Å². The smallest absolute Gasteiger partial charge is 0.265 e. The number of rotatable bonds is 4. The average molecular weight is 295 g/mol. The van der Waals surface area contributed by atoms with Gasteiger partial charge in [0.05, 0.1) is 11.9 Å². The second kappa shape index (κ2) is 5.21. The lowest BCUT2D eigenvalue weighted by Gasteiger charge is -2.10. The zero-order chi connectivity index (χ0) is 14.8. The third kappa shape index (κ3) is 2.72. The van der Waals surface area contributed by atoms with E-state index < -0.39 is 10.0 Å². The van der Waals surface area contributed by atoms with Crippen LogP contribution in [0.5, 0.6) is 0 Å². The number of nitrogens with two attached hydrogens (primary N) is 1. The summed E-state index contributed by atoms with van der Waals surface area (Å²) < 4.78 is 28.1. The third-order valence-corrected chi connectivity index (χ3v) is 3.87. The van der Waals surface area contributed by atoms with Gasteiger partial charge in [0.1, 0.15) is 4.90 Å². The second-order valence-corrected chi connectivity index (χ2v) is 5.67. The first-order chi connectivity index (χ1) is 9.44. The molecule has 2 rings (SSSR count). The minimum Gasteiger partial charge on any atom is -0.409 e. The number of aryl methyl sites for hydroxylation is 1. The molecule has 0 fully saturated rings. The monoisotopic (exact) mass is 295 g/mol. The van der Waals surface area contributed by atoms with E-state index in [1.807, 2.05) is 0 Å². The molecule has 0 radical (unpaired) electrons. The number of hydrogen-bond donors (Lipinski definition) is 3. The standard InChI is InChI=1S/C11H13N5O3S/c1-16-7-8(6-13-16)20(18,19)15-10-5-3-2-4-9(10)11(12)14-17/h2-7,15,17H,1H3,(H2,12,14). The Balaban J connectivity index is 2.40. The molecule has 0 spiro atoms. The molecular formula is C11H13N5O3S. The molecule has 0 aliphatic rings. The van der Waals surface area contributed by atoms with Crippen LogP contribution in [0.3, 0.4) is 0 Å². The topological polar surface area (TPSA) is 123 Å². The van der Waals surface area contributed by atoms with Crippen molar-refractivity contribution in [1.29, 1.82) is 0 Å². The maximum Gasteiger partial charge on any atom is 0.265 e. The van der Waals surface area contributed by atoms with Crippen molar-refractivity contribution >= 4 is 21.5 Å². The molecule has 1 aromatic carbocycles. The lowest BCUT2D eigenvalue weighted by molar-refractivity contribution is 0.318. The predicted molar refractivity (Wildman–Crippen MR) is 73.0 cm³/mol. The highest BCUT2D eigenvalue weighted by Gasteiger charge is 2.18. The highest BCUT2D eigenvalue weighted by molar-refractivity contribution is 7.92. The van der Waals surface area contributed by atoms with E-state index in [2.05, 4.69) is 15.0 Å². The minimum absolute atomic E-state index is 0.0225. The average Bonchev–Trinajstić information content (AvgIpc) is 2.86. The number of aromatic nitrogens is 2. The van der Waals surface area contributed by atoms with E-state index in [-0.39, 0.29) is 22.0 Å². The first-order valence-corrected chi connectivity index (χ1v) is 7.01. The van der Waals surface area contributed by atoms with Crippen molar-refractivity contribution in [2.24, 2.45) is 17.9 Å². The normalized spacial score (nSPS) is 12.3. The summed E-state index contributed by atoms with van der Waals surface area (Å²) in [5.74, 6) is -0.186. The lowest BCUT2D eigenvalue weighted by Crippen LogP contribution is -2.19. The summed E-state index contributed by atoms with van der Waals surface area (Å²) in [4.78, 5) is 0.0225. The molecule has 0 amide bonds. The van der Waals surface area contributed by atoms with E-state index in [0.29, 0.717) is 0 Å². The molecule has 20 heavy (non-hydrogen) atoms. The van der Waals surface area contributed by atoms with E-state index in [9.17, 15) is 8.42 Å². The second-order valence-electron chi connectivity index (χ2n) is 3.99. The van der Waals surface area contributed by atoms with Crippen LogP contribution >= 0.6 is 0 Å². The molecule has 1 aromatic heterocycles. The number of benzene rings is 1. The summed E-state index contributed by atoms with van der Waals surface area (Å²) in [6, 6.07) is 6.34. The van der Waals surface area contributed by atoms with E-state index in [1.54, 1.807) is 19.2 Å². The highest BCUT2D eigenvalue weighted by atomic mass is 32.2. The Morgan fingerprint density at radius 2 is 2.15 bits per heavy atom. The molecule has 0 aliphatic heterocycles. The van der Waals surface area contributed by atoms with Gasteiger partial charge in [-0.2, -0.15) is 5.10 Å². The molecule has 4 N–H and O–H groups in total. The number of anilines is 1. The molecule has 0 saturated heterocycles. The number of nitrogens with one attached hydrogen (secondary N) is 1. The molecule has 8 nitrogen and oxygen atoms in total. The van der Waals surface area contributed by atoms with Crippen molar-refractivity contribution in [3.8, 4) is 0 Å². The SMILES string of the molecule is Cn1cc(S(=O)(=O)Nc2ccccc2C(N)=NO)cn1. The van der Waals surface area contributed by atoms with Crippen LogP contribution < -0.4 is 10.5 Å². The summed E-state index contributed by atoms with van der Waals surface area (Å²) in [5, 5.41) is 15.4. The Morgan fingerprint density at radius 1 is 1.45 bits per heavy atom. The van der Waals surface area contributed by atoms with Crippen molar-refractivity contribution in [3.05, 3.63) is 42.2 Å². The van der Waals surface area contributed by atoms with Gasteiger partial charge < -0.3 is 10.9 Å². The van der Waals surface area contributed by atoms with Gasteiger partial charge in [-0.3, -0.25) is 9.40 Å². The zero-order valence-electron chi connectivity index (χ0n) is 10.6. The molecular weight excluding hydrogens is 282 g/mol. The van der Waals surface area contributed by atoms with Crippen LogP contribution in [0, 0.1) is 0 Å². The number of para-hydroxylation sites is 1. The van der Waals surface area contributed by atoms with Gasteiger partial charge in [0.25, 0.3) is 10.0 Å². The number of nitrogens with zero attached hydrogens (tertiary/aromatic N) is 3. The predicted octanol–water partition coefficient (Wildman–Crippen LogP) is 0.315. The molecule has 0 saturated carbocycles. The minimum atomic E-state index is -3.78. The Bertz CT molecular complexity index is 751. The van der Waals surface area contributed by atoms with Gasteiger partial charge in [-0.1, -0.05) is 17.3 Å². The van der Waals surface area contributed by atoms with Crippen molar-refractivity contribution in [2.45, 2.75) is 4.90 Å². The van der Waals surface area contributed by atoms with Gasteiger partial charge in [0, 0.05) is 18.8 Å². The van der Waals surface area contributed by atoms with Gasteiger partial charge in [0.2, 0.25) is 0 Å². The van der Waals surface area contributed by atoms with Crippen LogP contribution in [0.4, 0.5) is 5.69 Å². The van der Waals surface area contributed by atoms with Crippen molar-refractivity contribution < 1.29 is 13.6 Å². The largest absolute Gasteiger partial charge is 0.409 e. The number of oxime groups is 1. The van der Waals surface area contributed by atoms with Crippen LogP contribution in [-0.2, 0) is 17.1 Å². The van der Waals surface area contributed by atoms with Crippen molar-refractivity contribution in [3.63, 3.8) is 0 Å². The molecule has 0 atom stereocenters. The number of hydrogen-bond acceptors (Lipinski definition) is 5. The van der Waals surface area contributed by atoms with E-state index in [4.69, 9.17) is 10.9 Å². The first-order valence-electron chi connectivity index (χ1n) is 5.52. The summed E-state index contributed by atoms with van der Waals surface area (Å²) in [6.07, 6.45) is 2.60.